The first-order valence-electron chi connectivity index (χ1n) is 5.94. The average Bonchev–Trinajstić information content (AvgIpc) is 2.81. The zero-order valence-corrected chi connectivity index (χ0v) is 12.5. The van der Waals surface area contributed by atoms with Gasteiger partial charge in [-0.15, -0.1) is 0 Å². The zero-order chi connectivity index (χ0) is 13.9. The largest absolute Gasteiger partial charge is 0.465 e. The topological polar surface area (TPSA) is 87.1 Å². The second kappa shape index (κ2) is 5.92. The lowest BCUT2D eigenvalue weighted by atomic mass is 9.97. The molecular formula is C11H14BrClN4O2. The zero-order valence-electron chi connectivity index (χ0n) is 10.1. The quantitative estimate of drug-likeness (QED) is 0.728. The Labute approximate surface area is 124 Å². The normalized spacial score (nSPS) is 17.2. The highest BCUT2D eigenvalue weighted by Crippen LogP contribution is 2.34. The van der Waals surface area contributed by atoms with E-state index in [9.17, 15) is 4.79 Å². The standard InChI is InChI=1S/C11H14BrClN4O2/c12-7-5-14-9(13)16-8(7)17-11(3-1-2-4-11)6-15-10(18)19/h5,15H,1-4,6H2,(H,18,19)(H,14,16,17). The van der Waals surface area contributed by atoms with E-state index in [1.807, 2.05) is 0 Å². The Balaban J connectivity index is 2.16. The Bertz CT molecular complexity index is 480. The molecular weight excluding hydrogens is 336 g/mol. The number of rotatable bonds is 4. The van der Waals surface area contributed by atoms with Crippen molar-refractivity contribution in [2.45, 2.75) is 31.2 Å². The van der Waals surface area contributed by atoms with Crippen LogP contribution in [0.5, 0.6) is 0 Å². The first-order valence-corrected chi connectivity index (χ1v) is 7.11. The van der Waals surface area contributed by atoms with Crippen LogP contribution in [0.15, 0.2) is 10.7 Å². The van der Waals surface area contributed by atoms with Gasteiger partial charge in [-0.2, -0.15) is 4.98 Å². The van der Waals surface area contributed by atoms with Crippen molar-refractivity contribution in [3.05, 3.63) is 16.0 Å². The molecule has 3 N–H and O–H groups in total. The molecule has 6 nitrogen and oxygen atoms in total. The van der Waals surface area contributed by atoms with Crippen LogP contribution in [0.3, 0.4) is 0 Å². The van der Waals surface area contributed by atoms with Gasteiger partial charge in [0.2, 0.25) is 5.28 Å². The number of nitrogens with zero attached hydrogens (tertiary/aromatic N) is 2. The van der Waals surface area contributed by atoms with E-state index in [-0.39, 0.29) is 10.8 Å². The highest BCUT2D eigenvalue weighted by atomic mass is 79.9. The number of nitrogens with one attached hydrogen (secondary N) is 2. The van der Waals surface area contributed by atoms with Crippen LogP contribution in [0.2, 0.25) is 5.28 Å². The maximum atomic E-state index is 10.7. The predicted molar refractivity (Wildman–Crippen MR) is 75.6 cm³/mol. The lowest BCUT2D eigenvalue weighted by molar-refractivity contribution is 0.191. The number of hydrogen-bond acceptors (Lipinski definition) is 4. The van der Waals surface area contributed by atoms with Crippen molar-refractivity contribution in [2.75, 3.05) is 11.9 Å². The molecule has 0 saturated heterocycles. The van der Waals surface area contributed by atoms with E-state index in [4.69, 9.17) is 16.7 Å². The van der Waals surface area contributed by atoms with E-state index < -0.39 is 6.09 Å². The molecule has 1 fully saturated rings. The molecule has 2 rings (SSSR count). The van der Waals surface area contributed by atoms with Crippen LogP contribution in [0.4, 0.5) is 10.6 Å². The highest BCUT2D eigenvalue weighted by molar-refractivity contribution is 9.10. The predicted octanol–water partition coefficient (Wildman–Crippen LogP) is 2.88. The molecule has 0 bridgehead atoms. The van der Waals surface area contributed by atoms with Crippen molar-refractivity contribution in [1.29, 1.82) is 0 Å². The van der Waals surface area contributed by atoms with Gasteiger partial charge in [0.15, 0.2) is 0 Å². The Kier molecular flexibility index (Phi) is 4.46. The van der Waals surface area contributed by atoms with Gasteiger partial charge in [-0.1, -0.05) is 12.8 Å². The number of carboxylic acid groups (broad SMARTS) is 1. The van der Waals surface area contributed by atoms with Crippen molar-refractivity contribution in [2.24, 2.45) is 0 Å². The molecule has 0 spiro atoms. The van der Waals surface area contributed by atoms with Crippen LogP contribution in [-0.4, -0.2) is 33.3 Å². The minimum Gasteiger partial charge on any atom is -0.465 e. The molecule has 0 aromatic carbocycles. The third-order valence-electron chi connectivity index (χ3n) is 3.24. The van der Waals surface area contributed by atoms with Crippen LogP contribution in [-0.2, 0) is 0 Å². The van der Waals surface area contributed by atoms with Crippen LogP contribution in [0.1, 0.15) is 25.7 Å². The average molecular weight is 350 g/mol. The summed E-state index contributed by atoms with van der Waals surface area (Å²) in [7, 11) is 0. The summed E-state index contributed by atoms with van der Waals surface area (Å²) in [5.74, 6) is 0.592. The van der Waals surface area contributed by atoms with Crippen LogP contribution >= 0.6 is 27.5 Å². The van der Waals surface area contributed by atoms with Crippen LogP contribution in [0, 0.1) is 0 Å². The second-order valence-electron chi connectivity index (χ2n) is 4.61. The molecule has 8 heteroatoms. The second-order valence-corrected chi connectivity index (χ2v) is 5.80. The SMILES string of the molecule is O=C(O)NCC1(Nc2nc(Cl)ncc2Br)CCCC1. The molecule has 0 atom stereocenters. The summed E-state index contributed by atoms with van der Waals surface area (Å²) in [5, 5.41) is 14.7. The lowest BCUT2D eigenvalue weighted by Gasteiger charge is -2.31. The summed E-state index contributed by atoms with van der Waals surface area (Å²) >= 11 is 9.14. The summed E-state index contributed by atoms with van der Waals surface area (Å²) in [4.78, 5) is 18.7. The number of hydrogen-bond donors (Lipinski definition) is 3. The van der Waals surface area contributed by atoms with Crippen molar-refractivity contribution in [1.82, 2.24) is 15.3 Å². The number of amides is 1. The molecule has 1 aliphatic carbocycles. The molecule has 1 aliphatic rings. The summed E-state index contributed by atoms with van der Waals surface area (Å²) in [5.41, 5.74) is -0.307. The van der Waals surface area contributed by atoms with E-state index in [2.05, 4.69) is 36.5 Å². The minimum absolute atomic E-state index is 0.157. The van der Waals surface area contributed by atoms with E-state index in [0.29, 0.717) is 16.8 Å². The van der Waals surface area contributed by atoms with Gasteiger partial charge in [0.05, 0.1) is 10.0 Å². The molecule has 1 heterocycles. The third-order valence-corrected chi connectivity index (χ3v) is 4.00. The molecule has 19 heavy (non-hydrogen) atoms. The van der Waals surface area contributed by atoms with E-state index in [1.54, 1.807) is 6.20 Å². The fraction of sp³-hybridized carbons (Fsp3) is 0.545. The van der Waals surface area contributed by atoms with Gasteiger partial charge in [-0.3, -0.25) is 0 Å². The highest BCUT2D eigenvalue weighted by Gasteiger charge is 2.35. The minimum atomic E-state index is -1.02. The van der Waals surface area contributed by atoms with Crippen molar-refractivity contribution >= 4 is 39.4 Å². The molecule has 0 aliphatic heterocycles. The van der Waals surface area contributed by atoms with Crippen molar-refractivity contribution in [3.8, 4) is 0 Å². The summed E-state index contributed by atoms with van der Waals surface area (Å²) in [6.45, 7) is 0.344. The number of aromatic nitrogens is 2. The maximum Gasteiger partial charge on any atom is 0.404 e. The summed E-state index contributed by atoms with van der Waals surface area (Å²) in [6.07, 6.45) is 4.45. The van der Waals surface area contributed by atoms with E-state index >= 15 is 0 Å². The lowest BCUT2D eigenvalue weighted by Crippen LogP contribution is -2.46. The Morgan fingerprint density at radius 3 is 2.84 bits per heavy atom. The van der Waals surface area contributed by atoms with Gasteiger partial charge in [0.25, 0.3) is 0 Å². The molecule has 1 saturated carbocycles. The molecule has 1 amide bonds. The van der Waals surface area contributed by atoms with Gasteiger partial charge < -0.3 is 15.7 Å². The van der Waals surface area contributed by atoms with Gasteiger partial charge in [-0.05, 0) is 40.4 Å². The Hall–Kier alpha value is -1.08. The Morgan fingerprint density at radius 1 is 1.53 bits per heavy atom. The van der Waals surface area contributed by atoms with Crippen molar-refractivity contribution < 1.29 is 9.90 Å². The molecule has 1 aromatic rings. The monoisotopic (exact) mass is 348 g/mol. The third kappa shape index (κ3) is 3.70. The molecule has 0 radical (unpaired) electrons. The van der Waals surface area contributed by atoms with E-state index in [0.717, 1.165) is 25.7 Å². The summed E-state index contributed by atoms with van der Waals surface area (Å²) < 4.78 is 0.707. The number of carbonyl (C=O) groups is 1. The first-order chi connectivity index (χ1) is 9.01. The molecule has 0 unspecified atom stereocenters. The smallest absolute Gasteiger partial charge is 0.404 e. The fourth-order valence-electron chi connectivity index (χ4n) is 2.33. The maximum absolute atomic E-state index is 10.7. The number of anilines is 1. The number of halogens is 2. The first kappa shape index (κ1) is 14.3. The van der Waals surface area contributed by atoms with Gasteiger partial charge in [0.1, 0.15) is 5.82 Å². The van der Waals surface area contributed by atoms with Crippen molar-refractivity contribution in [3.63, 3.8) is 0 Å². The van der Waals surface area contributed by atoms with Gasteiger partial charge in [0, 0.05) is 12.7 Å². The van der Waals surface area contributed by atoms with Crippen LogP contribution in [0.25, 0.3) is 0 Å². The summed E-state index contributed by atoms with van der Waals surface area (Å²) in [6, 6.07) is 0. The van der Waals surface area contributed by atoms with Crippen LogP contribution < -0.4 is 10.6 Å². The molecule has 104 valence electrons. The molecule has 1 aromatic heterocycles. The van der Waals surface area contributed by atoms with Gasteiger partial charge >= 0.3 is 6.09 Å². The van der Waals surface area contributed by atoms with E-state index in [1.165, 1.54) is 0 Å². The fourth-order valence-corrected chi connectivity index (χ4v) is 2.75. The van der Waals surface area contributed by atoms with Gasteiger partial charge in [-0.25, -0.2) is 9.78 Å². The Morgan fingerprint density at radius 2 is 2.21 bits per heavy atom.